The van der Waals surface area contributed by atoms with Crippen LogP contribution < -0.4 is 5.19 Å². The second-order valence-electron chi connectivity index (χ2n) is 4.49. The van der Waals surface area contributed by atoms with Crippen LogP contribution in [0.25, 0.3) is 10.9 Å². The number of fused-ring (bicyclic) bond motifs is 1. The molecule has 1 heterocycles. The lowest BCUT2D eigenvalue weighted by Crippen LogP contribution is -2.37. The first-order valence-corrected chi connectivity index (χ1v) is 8.15. The molecule has 0 aliphatic heterocycles. The Kier molecular flexibility index (Phi) is 1.80. The smallest absolute Gasteiger partial charge is 0.0784 e. The molecule has 0 unspecified atom stereocenters. The van der Waals surface area contributed by atoms with Gasteiger partial charge in [-0.25, -0.2) is 0 Å². The number of aromatic amines is 1. The molecule has 13 heavy (non-hydrogen) atoms. The summed E-state index contributed by atoms with van der Waals surface area (Å²) in [6, 6.07) is 8.73. The molecule has 2 aromatic rings. The molecule has 0 fully saturated rings. The van der Waals surface area contributed by atoms with Gasteiger partial charge in [0.1, 0.15) is 0 Å². The maximum Gasteiger partial charge on any atom is 0.0784 e. The van der Waals surface area contributed by atoms with Crippen LogP contribution in [-0.2, 0) is 0 Å². The molecular weight excluding hydrogens is 174 g/mol. The summed E-state index contributed by atoms with van der Waals surface area (Å²) in [5, 5.41) is 2.95. The fraction of sp³-hybridized carbons (Fsp3) is 0.273. The summed E-state index contributed by atoms with van der Waals surface area (Å²) in [5.74, 6) is 0. The predicted molar refractivity (Wildman–Crippen MR) is 61.3 cm³/mol. The molecule has 0 aliphatic rings. The molecule has 68 valence electrons. The van der Waals surface area contributed by atoms with E-state index >= 15 is 0 Å². The summed E-state index contributed by atoms with van der Waals surface area (Å²) in [6.07, 6.45) is 2.02. The molecule has 1 aromatic carbocycles. The first-order valence-electron chi connectivity index (χ1n) is 4.65. The molecule has 0 bridgehead atoms. The monoisotopic (exact) mass is 189 g/mol. The number of aromatic nitrogens is 1. The van der Waals surface area contributed by atoms with Crippen molar-refractivity contribution in [3.05, 3.63) is 30.5 Å². The molecule has 1 nitrogen and oxygen atoms in total. The van der Waals surface area contributed by atoms with Crippen LogP contribution in [0.1, 0.15) is 0 Å². The van der Waals surface area contributed by atoms with E-state index in [2.05, 4.69) is 48.9 Å². The molecule has 1 N–H and O–H groups in total. The standard InChI is InChI=1S/C11H15NSi/c1-13(2,3)11-6-4-5-10-9(11)7-8-12-10/h4-8,12H,1-3H3. The molecule has 0 saturated carbocycles. The summed E-state index contributed by atoms with van der Waals surface area (Å²) in [4.78, 5) is 3.25. The minimum absolute atomic E-state index is 1.18. The van der Waals surface area contributed by atoms with E-state index in [9.17, 15) is 0 Å². The topological polar surface area (TPSA) is 15.8 Å². The van der Waals surface area contributed by atoms with Gasteiger partial charge in [0.2, 0.25) is 0 Å². The number of benzene rings is 1. The zero-order valence-electron chi connectivity index (χ0n) is 8.39. The van der Waals surface area contributed by atoms with E-state index < -0.39 is 8.07 Å². The van der Waals surface area contributed by atoms with Crippen LogP contribution in [-0.4, -0.2) is 13.1 Å². The Hall–Kier alpha value is -1.02. The lowest BCUT2D eigenvalue weighted by molar-refractivity contribution is 1.48. The Morgan fingerprint density at radius 1 is 1.08 bits per heavy atom. The van der Waals surface area contributed by atoms with Gasteiger partial charge in [0, 0.05) is 11.7 Å². The first-order chi connectivity index (χ1) is 6.09. The summed E-state index contributed by atoms with van der Waals surface area (Å²) < 4.78 is 0. The van der Waals surface area contributed by atoms with Crippen molar-refractivity contribution in [3.8, 4) is 0 Å². The van der Waals surface area contributed by atoms with E-state index in [-0.39, 0.29) is 0 Å². The lowest BCUT2D eigenvalue weighted by atomic mass is 10.2. The van der Waals surface area contributed by atoms with Crippen molar-refractivity contribution in [1.82, 2.24) is 4.98 Å². The van der Waals surface area contributed by atoms with Crippen LogP contribution in [0.5, 0.6) is 0 Å². The third kappa shape index (κ3) is 1.42. The zero-order valence-corrected chi connectivity index (χ0v) is 9.39. The van der Waals surface area contributed by atoms with Gasteiger partial charge in [-0.05, 0) is 17.5 Å². The summed E-state index contributed by atoms with van der Waals surface area (Å²) in [6.45, 7) is 7.15. The van der Waals surface area contributed by atoms with Gasteiger partial charge in [0.15, 0.2) is 0 Å². The molecule has 0 spiro atoms. The molecule has 0 atom stereocenters. The van der Waals surface area contributed by atoms with Crippen molar-refractivity contribution < 1.29 is 0 Å². The van der Waals surface area contributed by atoms with Gasteiger partial charge in [-0.2, -0.15) is 0 Å². The summed E-state index contributed by atoms with van der Waals surface area (Å²) in [7, 11) is -1.18. The maximum absolute atomic E-state index is 3.25. The fourth-order valence-electron chi connectivity index (χ4n) is 1.74. The second-order valence-corrected chi connectivity index (χ2v) is 9.53. The Morgan fingerprint density at radius 2 is 1.85 bits per heavy atom. The van der Waals surface area contributed by atoms with Crippen molar-refractivity contribution in [2.45, 2.75) is 19.6 Å². The molecule has 2 heteroatoms. The van der Waals surface area contributed by atoms with Gasteiger partial charge in [-0.3, -0.25) is 0 Å². The van der Waals surface area contributed by atoms with E-state index in [4.69, 9.17) is 0 Å². The number of nitrogens with one attached hydrogen (secondary N) is 1. The van der Waals surface area contributed by atoms with Crippen LogP contribution in [0.2, 0.25) is 19.6 Å². The van der Waals surface area contributed by atoms with Crippen LogP contribution in [0.4, 0.5) is 0 Å². The van der Waals surface area contributed by atoms with Crippen molar-refractivity contribution >= 4 is 24.2 Å². The number of H-pyrrole nitrogens is 1. The van der Waals surface area contributed by atoms with Gasteiger partial charge in [0.25, 0.3) is 0 Å². The normalized spacial score (nSPS) is 12.2. The van der Waals surface area contributed by atoms with Crippen LogP contribution in [0.3, 0.4) is 0 Å². The third-order valence-electron chi connectivity index (χ3n) is 2.40. The second kappa shape index (κ2) is 2.74. The van der Waals surface area contributed by atoms with E-state index in [0.717, 1.165) is 0 Å². The largest absolute Gasteiger partial charge is 0.361 e. The highest BCUT2D eigenvalue weighted by Crippen LogP contribution is 2.13. The number of rotatable bonds is 1. The molecule has 1 aromatic heterocycles. The highest BCUT2D eigenvalue weighted by Gasteiger charge is 2.18. The van der Waals surface area contributed by atoms with Gasteiger partial charge in [-0.1, -0.05) is 37.0 Å². The maximum atomic E-state index is 3.25. The summed E-state index contributed by atoms with van der Waals surface area (Å²) in [5.41, 5.74) is 1.26. The van der Waals surface area contributed by atoms with Gasteiger partial charge in [0.05, 0.1) is 8.07 Å². The van der Waals surface area contributed by atoms with Crippen molar-refractivity contribution in [3.63, 3.8) is 0 Å². The Labute approximate surface area is 79.8 Å². The zero-order chi connectivity index (χ0) is 9.47. The fourth-order valence-corrected chi connectivity index (χ4v) is 3.36. The van der Waals surface area contributed by atoms with E-state index in [0.29, 0.717) is 0 Å². The van der Waals surface area contributed by atoms with Crippen LogP contribution >= 0.6 is 0 Å². The van der Waals surface area contributed by atoms with E-state index in [1.54, 1.807) is 5.19 Å². The predicted octanol–water partition coefficient (Wildman–Crippen LogP) is 2.71. The Morgan fingerprint density at radius 3 is 2.54 bits per heavy atom. The quantitative estimate of drug-likeness (QED) is 0.664. The molecule has 2 rings (SSSR count). The Balaban J connectivity index is 2.75. The molecular formula is C11H15NSi. The van der Waals surface area contributed by atoms with E-state index in [1.807, 2.05) is 6.20 Å². The number of hydrogen-bond acceptors (Lipinski definition) is 0. The Bertz CT molecular complexity index is 423. The molecule has 0 amide bonds. The van der Waals surface area contributed by atoms with Gasteiger partial charge in [-0.15, -0.1) is 0 Å². The van der Waals surface area contributed by atoms with Gasteiger partial charge >= 0.3 is 0 Å². The highest BCUT2D eigenvalue weighted by molar-refractivity contribution is 6.90. The highest BCUT2D eigenvalue weighted by atomic mass is 28.3. The average Bonchev–Trinajstić information content (AvgIpc) is 2.48. The van der Waals surface area contributed by atoms with E-state index in [1.165, 1.54) is 10.9 Å². The summed E-state index contributed by atoms with van der Waals surface area (Å²) >= 11 is 0. The SMILES string of the molecule is C[Si](C)(C)c1cccc2[nH]ccc12. The average molecular weight is 189 g/mol. The minimum atomic E-state index is -1.18. The van der Waals surface area contributed by atoms with Crippen molar-refractivity contribution in [2.24, 2.45) is 0 Å². The minimum Gasteiger partial charge on any atom is -0.361 e. The van der Waals surface area contributed by atoms with Crippen LogP contribution in [0, 0.1) is 0 Å². The van der Waals surface area contributed by atoms with Crippen molar-refractivity contribution in [2.75, 3.05) is 0 Å². The van der Waals surface area contributed by atoms with Gasteiger partial charge < -0.3 is 4.98 Å². The number of hydrogen-bond donors (Lipinski definition) is 1. The molecule has 0 radical (unpaired) electrons. The lowest BCUT2D eigenvalue weighted by Gasteiger charge is -2.17. The first kappa shape index (κ1) is 8.57. The molecule has 0 saturated heterocycles. The third-order valence-corrected chi connectivity index (χ3v) is 4.46. The van der Waals surface area contributed by atoms with Crippen molar-refractivity contribution in [1.29, 1.82) is 0 Å². The van der Waals surface area contributed by atoms with Crippen LogP contribution in [0.15, 0.2) is 30.5 Å². The molecule has 0 aliphatic carbocycles.